The molecule has 2 aromatic carbocycles. The van der Waals surface area contributed by atoms with Gasteiger partial charge in [0.25, 0.3) is 0 Å². The minimum absolute atomic E-state index is 0.0265. The van der Waals surface area contributed by atoms with Gasteiger partial charge in [0.1, 0.15) is 11.3 Å². The minimum atomic E-state index is 0.0265. The van der Waals surface area contributed by atoms with E-state index in [0.29, 0.717) is 0 Å². The first-order valence-corrected chi connectivity index (χ1v) is 11.9. The molecule has 5 nitrogen and oxygen atoms in total. The van der Waals surface area contributed by atoms with Crippen LogP contribution in [-0.2, 0) is 4.74 Å². The fourth-order valence-electron chi connectivity index (χ4n) is 4.14. The molecule has 32 heavy (non-hydrogen) atoms. The van der Waals surface area contributed by atoms with Crippen LogP contribution in [0.3, 0.4) is 0 Å². The first-order chi connectivity index (χ1) is 15.5. The smallest absolute Gasteiger partial charge is 0.174 e. The molecular formula is C26H33N3O2S. The first kappa shape index (κ1) is 22.8. The van der Waals surface area contributed by atoms with Crippen LogP contribution >= 0.6 is 12.2 Å². The van der Waals surface area contributed by atoms with Crippen LogP contribution in [0.1, 0.15) is 36.3 Å². The number of fused-ring (bicyclic) bond motifs is 1. The SMILES string of the molecule is Cc1ccc(NC(=S)N(CCCN2CCOCC2)C(C)c2cc3ccccc3o2)cc1C. The van der Waals surface area contributed by atoms with Crippen LogP contribution in [0.2, 0.25) is 0 Å². The zero-order chi connectivity index (χ0) is 22.5. The molecule has 170 valence electrons. The second-order valence-electron chi connectivity index (χ2n) is 8.59. The van der Waals surface area contributed by atoms with Crippen LogP contribution < -0.4 is 5.32 Å². The van der Waals surface area contributed by atoms with E-state index in [1.54, 1.807) is 0 Å². The molecule has 2 heterocycles. The lowest BCUT2D eigenvalue weighted by Gasteiger charge is -2.32. The van der Waals surface area contributed by atoms with E-state index in [4.69, 9.17) is 21.4 Å². The van der Waals surface area contributed by atoms with Gasteiger partial charge in [-0.2, -0.15) is 0 Å². The van der Waals surface area contributed by atoms with E-state index in [9.17, 15) is 0 Å². The highest BCUT2D eigenvalue weighted by Crippen LogP contribution is 2.28. The van der Waals surface area contributed by atoms with E-state index in [-0.39, 0.29) is 6.04 Å². The van der Waals surface area contributed by atoms with Crippen molar-refractivity contribution in [3.63, 3.8) is 0 Å². The lowest BCUT2D eigenvalue weighted by Crippen LogP contribution is -2.41. The number of benzene rings is 2. The molecule has 4 rings (SSSR count). The van der Waals surface area contributed by atoms with Gasteiger partial charge < -0.3 is 19.4 Å². The zero-order valence-corrected chi connectivity index (χ0v) is 20.1. The lowest BCUT2D eigenvalue weighted by atomic mass is 10.1. The highest BCUT2D eigenvalue weighted by atomic mass is 32.1. The van der Waals surface area contributed by atoms with Crippen LogP contribution in [-0.4, -0.2) is 54.3 Å². The minimum Gasteiger partial charge on any atom is -0.459 e. The Kier molecular flexibility index (Phi) is 7.45. The Morgan fingerprint density at radius 1 is 1.09 bits per heavy atom. The highest BCUT2D eigenvalue weighted by molar-refractivity contribution is 7.80. The van der Waals surface area contributed by atoms with E-state index in [0.717, 1.165) is 73.3 Å². The molecule has 1 N–H and O–H groups in total. The number of morpholine rings is 1. The third-order valence-corrected chi connectivity index (χ3v) is 6.66. The maximum atomic E-state index is 6.19. The third kappa shape index (κ3) is 5.49. The van der Waals surface area contributed by atoms with Gasteiger partial charge in [-0.3, -0.25) is 4.90 Å². The van der Waals surface area contributed by atoms with E-state index in [2.05, 4.69) is 66.2 Å². The van der Waals surface area contributed by atoms with Crippen LogP contribution in [0.15, 0.2) is 52.9 Å². The zero-order valence-electron chi connectivity index (χ0n) is 19.3. The van der Waals surface area contributed by atoms with Gasteiger partial charge in [-0.15, -0.1) is 0 Å². The van der Waals surface area contributed by atoms with Gasteiger partial charge in [-0.25, -0.2) is 0 Å². The molecule has 0 spiro atoms. The Balaban J connectivity index is 1.50. The fourth-order valence-corrected chi connectivity index (χ4v) is 4.50. The van der Waals surface area contributed by atoms with Crippen molar-refractivity contribution in [3.05, 3.63) is 65.4 Å². The summed E-state index contributed by atoms with van der Waals surface area (Å²) in [6.07, 6.45) is 1.03. The maximum absolute atomic E-state index is 6.19. The largest absolute Gasteiger partial charge is 0.459 e. The molecule has 0 saturated carbocycles. The van der Waals surface area contributed by atoms with Gasteiger partial charge in [-0.1, -0.05) is 24.3 Å². The summed E-state index contributed by atoms with van der Waals surface area (Å²) in [6.45, 7) is 12.0. The Labute approximate surface area is 196 Å². The third-order valence-electron chi connectivity index (χ3n) is 6.32. The van der Waals surface area contributed by atoms with Crippen molar-refractivity contribution in [1.29, 1.82) is 0 Å². The first-order valence-electron chi connectivity index (χ1n) is 11.4. The quantitative estimate of drug-likeness (QED) is 0.476. The number of hydrogen-bond acceptors (Lipinski definition) is 4. The topological polar surface area (TPSA) is 40.9 Å². The van der Waals surface area contributed by atoms with Crippen molar-refractivity contribution in [1.82, 2.24) is 9.80 Å². The molecule has 0 radical (unpaired) electrons. The summed E-state index contributed by atoms with van der Waals surface area (Å²) in [5, 5.41) is 5.31. The average Bonchev–Trinajstić information content (AvgIpc) is 3.24. The normalized spacial score (nSPS) is 15.6. The van der Waals surface area contributed by atoms with Crippen LogP contribution in [0.25, 0.3) is 11.0 Å². The van der Waals surface area contributed by atoms with Gasteiger partial charge in [-0.05, 0) is 74.8 Å². The van der Waals surface area contributed by atoms with E-state index >= 15 is 0 Å². The fraction of sp³-hybridized carbons (Fsp3) is 0.423. The molecule has 6 heteroatoms. The monoisotopic (exact) mass is 451 g/mol. The molecule has 1 aromatic heterocycles. The summed E-state index contributed by atoms with van der Waals surface area (Å²) in [7, 11) is 0. The molecular weight excluding hydrogens is 418 g/mol. The summed E-state index contributed by atoms with van der Waals surface area (Å²) in [4.78, 5) is 4.72. The van der Waals surface area contributed by atoms with Gasteiger partial charge in [0.2, 0.25) is 0 Å². The number of ether oxygens (including phenoxy) is 1. The number of aryl methyl sites for hydroxylation is 2. The van der Waals surface area contributed by atoms with E-state index in [1.165, 1.54) is 11.1 Å². The molecule has 1 aliphatic rings. The Morgan fingerprint density at radius 2 is 1.88 bits per heavy atom. The molecule has 0 bridgehead atoms. The number of furan rings is 1. The Morgan fingerprint density at radius 3 is 2.62 bits per heavy atom. The second kappa shape index (κ2) is 10.5. The standard InChI is InChI=1S/C26H33N3O2S/c1-19-9-10-23(17-20(19)2)27-26(32)29(12-6-11-28-13-15-30-16-14-28)21(3)25-18-22-7-4-5-8-24(22)31-25/h4-5,7-10,17-18,21H,6,11-16H2,1-3H3,(H,27,32). The predicted octanol–water partition coefficient (Wildman–Crippen LogP) is 5.53. The number of para-hydroxylation sites is 1. The Hall–Kier alpha value is -2.41. The maximum Gasteiger partial charge on any atom is 0.174 e. The molecule has 1 atom stereocenters. The number of nitrogens with zero attached hydrogens (tertiary/aromatic N) is 2. The van der Waals surface area contributed by atoms with Gasteiger partial charge >= 0.3 is 0 Å². The van der Waals surface area contributed by atoms with Crippen molar-refractivity contribution in [3.8, 4) is 0 Å². The molecule has 1 unspecified atom stereocenters. The molecule has 0 amide bonds. The number of rotatable bonds is 7. The molecule has 0 aliphatic carbocycles. The van der Waals surface area contributed by atoms with Crippen LogP contribution in [0, 0.1) is 13.8 Å². The van der Waals surface area contributed by atoms with Crippen molar-refractivity contribution < 1.29 is 9.15 Å². The van der Waals surface area contributed by atoms with Crippen molar-refractivity contribution in [2.45, 2.75) is 33.2 Å². The lowest BCUT2D eigenvalue weighted by molar-refractivity contribution is 0.0365. The summed E-state index contributed by atoms with van der Waals surface area (Å²) in [6, 6.07) is 16.7. The van der Waals surface area contributed by atoms with Crippen LogP contribution in [0.5, 0.6) is 0 Å². The van der Waals surface area contributed by atoms with Gasteiger partial charge in [0.05, 0.1) is 19.3 Å². The Bertz CT molecular complexity index is 1030. The van der Waals surface area contributed by atoms with Gasteiger partial charge in [0.15, 0.2) is 5.11 Å². The summed E-state index contributed by atoms with van der Waals surface area (Å²) < 4.78 is 11.7. The van der Waals surface area contributed by atoms with E-state index < -0.39 is 0 Å². The predicted molar refractivity (Wildman–Crippen MR) is 135 cm³/mol. The second-order valence-corrected chi connectivity index (χ2v) is 8.98. The number of thiocarbonyl (C=S) groups is 1. The summed E-state index contributed by atoms with van der Waals surface area (Å²) in [5.74, 6) is 0.932. The number of anilines is 1. The summed E-state index contributed by atoms with van der Waals surface area (Å²) in [5.41, 5.74) is 4.46. The van der Waals surface area contributed by atoms with Crippen LogP contribution in [0.4, 0.5) is 5.69 Å². The summed E-state index contributed by atoms with van der Waals surface area (Å²) >= 11 is 5.90. The molecule has 3 aromatic rings. The molecule has 1 aliphatic heterocycles. The average molecular weight is 452 g/mol. The number of nitrogens with one attached hydrogen (secondary N) is 1. The van der Waals surface area contributed by atoms with E-state index in [1.807, 2.05) is 18.2 Å². The molecule has 1 saturated heterocycles. The van der Waals surface area contributed by atoms with Gasteiger partial charge in [0, 0.05) is 37.3 Å². The number of hydrogen-bond donors (Lipinski definition) is 1. The van der Waals surface area contributed by atoms with Crippen molar-refractivity contribution in [2.75, 3.05) is 44.7 Å². The highest BCUT2D eigenvalue weighted by Gasteiger charge is 2.23. The van der Waals surface area contributed by atoms with Crippen molar-refractivity contribution in [2.24, 2.45) is 0 Å². The molecule has 1 fully saturated rings. The van der Waals surface area contributed by atoms with Crippen molar-refractivity contribution >= 4 is 34.0 Å².